The molecule has 0 aliphatic carbocycles. The average Bonchev–Trinajstić information content (AvgIpc) is 3.07. The Kier molecular flexibility index (Phi) is 4.59. The van der Waals surface area contributed by atoms with E-state index in [2.05, 4.69) is 5.10 Å². The topological polar surface area (TPSA) is 96.1 Å². The van der Waals surface area contributed by atoms with Crippen LogP contribution in [0.3, 0.4) is 0 Å². The minimum absolute atomic E-state index is 0.0909. The van der Waals surface area contributed by atoms with Crippen molar-refractivity contribution in [2.24, 2.45) is 16.8 Å². The van der Waals surface area contributed by atoms with Gasteiger partial charge in [-0.3, -0.25) is 14.4 Å². The zero-order valence-corrected chi connectivity index (χ0v) is 13.4. The van der Waals surface area contributed by atoms with Gasteiger partial charge in [0.1, 0.15) is 5.71 Å². The summed E-state index contributed by atoms with van der Waals surface area (Å²) >= 11 is 0. The van der Waals surface area contributed by atoms with Crippen LogP contribution in [0.4, 0.5) is 0 Å². The van der Waals surface area contributed by atoms with Crippen molar-refractivity contribution in [2.75, 3.05) is 13.1 Å². The van der Waals surface area contributed by atoms with Gasteiger partial charge in [0.05, 0.1) is 12.5 Å². The van der Waals surface area contributed by atoms with Crippen molar-refractivity contribution in [1.82, 2.24) is 9.91 Å². The lowest BCUT2D eigenvalue weighted by Crippen LogP contribution is -2.41. The number of amides is 3. The quantitative estimate of drug-likeness (QED) is 0.871. The number of likely N-dealkylation sites (tertiary alicyclic amines) is 1. The minimum Gasteiger partial charge on any atom is -0.369 e. The minimum atomic E-state index is -0.378. The first-order valence-corrected chi connectivity index (χ1v) is 8.05. The second-order valence-corrected chi connectivity index (χ2v) is 6.12. The van der Waals surface area contributed by atoms with E-state index < -0.39 is 0 Å². The molecule has 24 heavy (non-hydrogen) atoms. The number of carbonyl (C=O) groups excluding carboxylic acids is 3. The van der Waals surface area contributed by atoms with Crippen molar-refractivity contribution in [2.45, 2.75) is 25.8 Å². The van der Waals surface area contributed by atoms with Gasteiger partial charge in [0.15, 0.2) is 0 Å². The number of nitrogens with zero attached hydrogens (tertiary/aromatic N) is 3. The molecule has 7 heteroatoms. The molecule has 0 saturated carbocycles. The van der Waals surface area contributed by atoms with E-state index in [1.807, 2.05) is 30.3 Å². The second kappa shape index (κ2) is 6.82. The maximum Gasteiger partial charge on any atom is 0.270 e. The van der Waals surface area contributed by atoms with E-state index in [9.17, 15) is 14.4 Å². The number of nitrogens with two attached hydrogens (primary N) is 1. The zero-order chi connectivity index (χ0) is 17.1. The molecule has 3 rings (SSSR count). The van der Waals surface area contributed by atoms with E-state index in [0.29, 0.717) is 38.2 Å². The smallest absolute Gasteiger partial charge is 0.270 e. The Morgan fingerprint density at radius 1 is 1.21 bits per heavy atom. The molecule has 0 bridgehead atoms. The van der Waals surface area contributed by atoms with Crippen LogP contribution in [-0.2, 0) is 20.9 Å². The fraction of sp³-hybridized carbons (Fsp3) is 0.412. The molecule has 0 spiro atoms. The third-order valence-electron chi connectivity index (χ3n) is 4.40. The standard InChI is InChI=1S/C17H20N4O3/c18-16(23)13-8-9-20(11-13)17(24)14-6-7-15(22)21(19-14)10-12-4-2-1-3-5-12/h1-5,13H,6-11H2,(H2,18,23). The number of primary amides is 1. The molecular weight excluding hydrogens is 308 g/mol. The number of hydrogen-bond acceptors (Lipinski definition) is 4. The maximum atomic E-state index is 12.6. The third-order valence-corrected chi connectivity index (χ3v) is 4.40. The van der Waals surface area contributed by atoms with Crippen molar-refractivity contribution in [3.8, 4) is 0 Å². The van der Waals surface area contributed by atoms with Gasteiger partial charge in [-0.15, -0.1) is 0 Å². The number of benzene rings is 1. The highest BCUT2D eigenvalue weighted by molar-refractivity contribution is 6.39. The van der Waals surface area contributed by atoms with Gasteiger partial charge in [-0.05, 0) is 12.0 Å². The molecule has 2 heterocycles. The Morgan fingerprint density at radius 3 is 2.62 bits per heavy atom. The normalized spacial score (nSPS) is 20.9. The van der Waals surface area contributed by atoms with Crippen LogP contribution in [0.2, 0.25) is 0 Å². The van der Waals surface area contributed by atoms with Crippen LogP contribution in [-0.4, -0.2) is 46.4 Å². The molecular formula is C17H20N4O3. The van der Waals surface area contributed by atoms with Gasteiger partial charge in [0, 0.05) is 25.9 Å². The Hall–Kier alpha value is -2.70. The van der Waals surface area contributed by atoms with Gasteiger partial charge < -0.3 is 10.6 Å². The van der Waals surface area contributed by atoms with E-state index in [0.717, 1.165) is 5.56 Å². The number of rotatable bonds is 4. The molecule has 1 saturated heterocycles. The summed E-state index contributed by atoms with van der Waals surface area (Å²) < 4.78 is 0. The largest absolute Gasteiger partial charge is 0.369 e. The summed E-state index contributed by atoms with van der Waals surface area (Å²) in [5.41, 5.74) is 6.63. The van der Waals surface area contributed by atoms with E-state index in [1.54, 1.807) is 4.90 Å². The molecule has 0 radical (unpaired) electrons. The van der Waals surface area contributed by atoms with Gasteiger partial charge in [0.25, 0.3) is 5.91 Å². The summed E-state index contributed by atoms with van der Waals surface area (Å²) in [5.74, 6) is -0.965. The first-order chi connectivity index (χ1) is 11.5. The van der Waals surface area contributed by atoms with E-state index in [-0.39, 0.29) is 30.1 Å². The molecule has 2 aliphatic rings. The highest BCUT2D eigenvalue weighted by Gasteiger charge is 2.33. The number of hydrazone groups is 1. The predicted octanol–water partition coefficient (Wildman–Crippen LogP) is 0.499. The first-order valence-electron chi connectivity index (χ1n) is 8.05. The maximum absolute atomic E-state index is 12.6. The van der Waals surface area contributed by atoms with E-state index in [1.165, 1.54) is 5.01 Å². The zero-order valence-electron chi connectivity index (χ0n) is 13.4. The second-order valence-electron chi connectivity index (χ2n) is 6.12. The van der Waals surface area contributed by atoms with Crippen molar-refractivity contribution >= 4 is 23.4 Å². The fourth-order valence-corrected chi connectivity index (χ4v) is 2.99. The SMILES string of the molecule is NC(=O)C1CCN(C(=O)C2=NN(Cc3ccccc3)C(=O)CC2)C1. The molecule has 1 atom stereocenters. The molecule has 2 N–H and O–H groups in total. The van der Waals surface area contributed by atoms with Gasteiger partial charge >= 0.3 is 0 Å². The molecule has 1 aromatic rings. The first kappa shape index (κ1) is 16.2. The fourth-order valence-electron chi connectivity index (χ4n) is 2.99. The lowest BCUT2D eigenvalue weighted by atomic mass is 10.1. The van der Waals surface area contributed by atoms with Gasteiger partial charge in [-0.2, -0.15) is 5.10 Å². The van der Waals surface area contributed by atoms with Crippen LogP contribution in [0.1, 0.15) is 24.8 Å². The molecule has 126 valence electrons. The Bertz CT molecular complexity index is 686. The van der Waals surface area contributed by atoms with E-state index in [4.69, 9.17) is 5.73 Å². The molecule has 2 aliphatic heterocycles. The molecule has 1 unspecified atom stereocenters. The summed E-state index contributed by atoms with van der Waals surface area (Å²) in [4.78, 5) is 37.5. The van der Waals surface area contributed by atoms with Crippen molar-refractivity contribution in [3.63, 3.8) is 0 Å². The summed E-state index contributed by atoms with van der Waals surface area (Å²) in [6.07, 6.45) is 1.19. The lowest BCUT2D eigenvalue weighted by Gasteiger charge is -2.25. The molecule has 1 fully saturated rings. The van der Waals surface area contributed by atoms with Gasteiger partial charge in [-0.25, -0.2) is 5.01 Å². The van der Waals surface area contributed by atoms with Crippen LogP contribution < -0.4 is 5.73 Å². The number of carbonyl (C=O) groups is 3. The van der Waals surface area contributed by atoms with Crippen LogP contribution >= 0.6 is 0 Å². The molecule has 7 nitrogen and oxygen atoms in total. The van der Waals surface area contributed by atoms with Crippen molar-refractivity contribution in [3.05, 3.63) is 35.9 Å². The highest BCUT2D eigenvalue weighted by Crippen LogP contribution is 2.19. The Balaban J connectivity index is 1.71. The van der Waals surface area contributed by atoms with E-state index >= 15 is 0 Å². The summed E-state index contributed by atoms with van der Waals surface area (Å²) in [6, 6.07) is 9.53. The van der Waals surface area contributed by atoms with Crippen molar-refractivity contribution < 1.29 is 14.4 Å². The Labute approximate surface area is 140 Å². The van der Waals surface area contributed by atoms with Crippen LogP contribution in [0.25, 0.3) is 0 Å². The molecule has 0 aromatic heterocycles. The monoisotopic (exact) mass is 328 g/mol. The van der Waals surface area contributed by atoms with Gasteiger partial charge in [0.2, 0.25) is 11.8 Å². The van der Waals surface area contributed by atoms with Crippen LogP contribution in [0.5, 0.6) is 0 Å². The van der Waals surface area contributed by atoms with Crippen LogP contribution in [0, 0.1) is 5.92 Å². The summed E-state index contributed by atoms with van der Waals surface area (Å²) in [7, 11) is 0. The van der Waals surface area contributed by atoms with Crippen LogP contribution in [0.15, 0.2) is 35.4 Å². The Morgan fingerprint density at radius 2 is 1.96 bits per heavy atom. The predicted molar refractivity (Wildman–Crippen MR) is 87.5 cm³/mol. The summed E-state index contributed by atoms with van der Waals surface area (Å²) in [6.45, 7) is 1.18. The molecule has 1 aromatic carbocycles. The number of hydrogen-bond donors (Lipinski definition) is 1. The highest BCUT2D eigenvalue weighted by atomic mass is 16.2. The molecule has 3 amide bonds. The average molecular weight is 328 g/mol. The lowest BCUT2D eigenvalue weighted by molar-refractivity contribution is -0.132. The van der Waals surface area contributed by atoms with Crippen molar-refractivity contribution in [1.29, 1.82) is 0 Å². The van der Waals surface area contributed by atoms with Gasteiger partial charge in [-0.1, -0.05) is 30.3 Å². The third kappa shape index (κ3) is 3.45. The summed E-state index contributed by atoms with van der Waals surface area (Å²) in [5, 5.41) is 5.62.